The Morgan fingerprint density at radius 2 is 2.18 bits per heavy atom. The average Bonchev–Trinajstić information content (AvgIpc) is 2.81. The summed E-state index contributed by atoms with van der Waals surface area (Å²) in [6, 6.07) is 0.192. The maximum absolute atomic E-state index is 12.0. The third kappa shape index (κ3) is 2.09. The third-order valence-corrected chi connectivity index (χ3v) is 5.57. The van der Waals surface area contributed by atoms with E-state index in [-0.39, 0.29) is 29.0 Å². The molecule has 0 unspecified atom stereocenters. The van der Waals surface area contributed by atoms with Crippen LogP contribution in [0.2, 0.25) is 0 Å². The van der Waals surface area contributed by atoms with Gasteiger partial charge in [0.2, 0.25) is 5.91 Å². The minimum atomic E-state index is -0.122. The lowest BCUT2D eigenvalue weighted by Crippen LogP contribution is -2.69. The quantitative estimate of drug-likeness (QED) is 0.792. The van der Waals surface area contributed by atoms with Gasteiger partial charge in [0.05, 0.1) is 11.6 Å². The van der Waals surface area contributed by atoms with E-state index in [1.165, 1.54) is 0 Å². The molecule has 1 amide bonds. The molecule has 17 heavy (non-hydrogen) atoms. The summed E-state index contributed by atoms with van der Waals surface area (Å²) in [5, 5.41) is 6.33. The minimum absolute atomic E-state index is 0.0108. The van der Waals surface area contributed by atoms with Gasteiger partial charge in [-0.1, -0.05) is 13.8 Å². The lowest BCUT2D eigenvalue weighted by molar-refractivity contribution is -0.182. The highest BCUT2D eigenvalue weighted by Gasteiger charge is 2.58. The molecule has 2 aliphatic rings. The molecule has 98 valence electrons. The van der Waals surface area contributed by atoms with E-state index in [0.717, 1.165) is 18.1 Å². The molecule has 1 saturated heterocycles. The zero-order chi connectivity index (χ0) is 12.7. The van der Waals surface area contributed by atoms with Crippen LogP contribution in [0.4, 0.5) is 0 Å². The van der Waals surface area contributed by atoms with Crippen LogP contribution in [-0.4, -0.2) is 42.3 Å². The van der Waals surface area contributed by atoms with Gasteiger partial charge in [-0.25, -0.2) is 0 Å². The summed E-state index contributed by atoms with van der Waals surface area (Å²) < 4.78 is 5.56. The van der Waals surface area contributed by atoms with Gasteiger partial charge >= 0.3 is 0 Å². The fourth-order valence-electron chi connectivity index (χ4n) is 2.56. The summed E-state index contributed by atoms with van der Waals surface area (Å²) in [4.78, 5) is 12.0. The SMILES string of the molecule is CO[C@@]1(C)C[C@H](NC(=O)[C@H]2CSCN2)C1(C)C. The molecule has 0 spiro atoms. The first kappa shape index (κ1) is 13.2. The maximum Gasteiger partial charge on any atom is 0.238 e. The van der Waals surface area contributed by atoms with Crippen molar-refractivity contribution in [3.63, 3.8) is 0 Å². The Labute approximate surface area is 107 Å². The second kappa shape index (κ2) is 4.44. The van der Waals surface area contributed by atoms with Gasteiger partial charge in [0.15, 0.2) is 0 Å². The van der Waals surface area contributed by atoms with E-state index >= 15 is 0 Å². The standard InChI is InChI=1S/C12H22N2O2S/c1-11(2)9(5-12(11,3)16-4)14-10(15)8-6-17-7-13-8/h8-9,13H,5-7H2,1-4H3,(H,14,15)/t8-,9+,12+/m1/s1. The largest absolute Gasteiger partial charge is 0.378 e. The number of methoxy groups -OCH3 is 1. The number of carbonyl (C=O) groups is 1. The molecule has 2 fully saturated rings. The molecule has 2 N–H and O–H groups in total. The fourth-order valence-corrected chi connectivity index (χ4v) is 3.50. The summed E-state index contributed by atoms with van der Waals surface area (Å²) >= 11 is 1.77. The number of hydrogen-bond acceptors (Lipinski definition) is 4. The normalized spacial score (nSPS) is 39.8. The lowest BCUT2D eigenvalue weighted by Gasteiger charge is -2.59. The van der Waals surface area contributed by atoms with E-state index in [1.54, 1.807) is 18.9 Å². The summed E-state index contributed by atoms with van der Waals surface area (Å²) in [7, 11) is 1.74. The molecule has 0 aromatic rings. The van der Waals surface area contributed by atoms with Gasteiger partial charge in [-0.15, -0.1) is 11.8 Å². The summed E-state index contributed by atoms with van der Waals surface area (Å²) in [6.45, 7) is 6.42. The first-order chi connectivity index (χ1) is 7.90. The Kier molecular flexibility index (Phi) is 3.45. The number of rotatable bonds is 3. The van der Waals surface area contributed by atoms with Crippen molar-refractivity contribution in [3.8, 4) is 0 Å². The monoisotopic (exact) mass is 258 g/mol. The first-order valence-corrected chi connectivity index (χ1v) is 7.23. The molecule has 0 aromatic heterocycles. The Hall–Kier alpha value is -0.260. The van der Waals surface area contributed by atoms with Crippen LogP contribution in [0.15, 0.2) is 0 Å². The molecular weight excluding hydrogens is 236 g/mol. The Morgan fingerprint density at radius 1 is 1.47 bits per heavy atom. The molecule has 1 saturated carbocycles. The molecule has 0 bridgehead atoms. The maximum atomic E-state index is 12.0. The number of carbonyl (C=O) groups excluding carboxylic acids is 1. The average molecular weight is 258 g/mol. The van der Waals surface area contributed by atoms with Crippen molar-refractivity contribution < 1.29 is 9.53 Å². The van der Waals surface area contributed by atoms with E-state index in [9.17, 15) is 4.79 Å². The number of nitrogens with one attached hydrogen (secondary N) is 2. The molecule has 1 heterocycles. The predicted octanol–water partition coefficient (Wildman–Crippen LogP) is 0.969. The van der Waals surface area contributed by atoms with Gasteiger partial charge in [0.25, 0.3) is 0 Å². The van der Waals surface area contributed by atoms with Gasteiger partial charge in [-0.2, -0.15) is 0 Å². The van der Waals surface area contributed by atoms with Crippen LogP contribution >= 0.6 is 11.8 Å². The van der Waals surface area contributed by atoms with Gasteiger partial charge < -0.3 is 10.1 Å². The smallest absolute Gasteiger partial charge is 0.238 e. The first-order valence-electron chi connectivity index (χ1n) is 6.07. The van der Waals surface area contributed by atoms with E-state index in [2.05, 4.69) is 31.4 Å². The Balaban J connectivity index is 1.91. The molecule has 0 radical (unpaired) electrons. The van der Waals surface area contributed by atoms with Crippen molar-refractivity contribution in [2.45, 2.75) is 44.9 Å². The van der Waals surface area contributed by atoms with Crippen molar-refractivity contribution in [3.05, 3.63) is 0 Å². The Bertz CT molecular complexity index is 316. The number of amides is 1. The van der Waals surface area contributed by atoms with E-state index in [1.807, 2.05) is 0 Å². The van der Waals surface area contributed by atoms with Gasteiger partial charge in [-0.3, -0.25) is 10.1 Å². The van der Waals surface area contributed by atoms with Crippen molar-refractivity contribution in [1.29, 1.82) is 0 Å². The molecule has 3 atom stereocenters. The van der Waals surface area contributed by atoms with Crippen LogP contribution in [0.25, 0.3) is 0 Å². The third-order valence-electron chi connectivity index (χ3n) is 4.63. The van der Waals surface area contributed by atoms with E-state index in [4.69, 9.17) is 4.74 Å². The molecule has 4 nitrogen and oxygen atoms in total. The Morgan fingerprint density at radius 3 is 2.65 bits per heavy atom. The zero-order valence-electron chi connectivity index (χ0n) is 11.0. The van der Waals surface area contributed by atoms with Crippen LogP contribution in [-0.2, 0) is 9.53 Å². The number of thioether (sulfide) groups is 1. The van der Waals surface area contributed by atoms with Crippen LogP contribution in [0.3, 0.4) is 0 Å². The van der Waals surface area contributed by atoms with Crippen molar-refractivity contribution in [2.75, 3.05) is 18.7 Å². The van der Waals surface area contributed by atoms with Crippen molar-refractivity contribution >= 4 is 17.7 Å². The second-order valence-corrected chi connectivity index (χ2v) is 6.72. The second-order valence-electron chi connectivity index (χ2n) is 5.69. The minimum Gasteiger partial charge on any atom is -0.378 e. The summed E-state index contributed by atoms with van der Waals surface area (Å²) in [6.07, 6.45) is 0.891. The number of hydrogen-bond donors (Lipinski definition) is 2. The molecule has 5 heteroatoms. The molecule has 0 aromatic carbocycles. The van der Waals surface area contributed by atoms with Crippen LogP contribution < -0.4 is 10.6 Å². The van der Waals surface area contributed by atoms with Gasteiger partial charge in [0.1, 0.15) is 0 Å². The van der Waals surface area contributed by atoms with E-state index in [0.29, 0.717) is 0 Å². The van der Waals surface area contributed by atoms with E-state index < -0.39 is 0 Å². The van der Waals surface area contributed by atoms with Gasteiger partial charge in [0, 0.05) is 30.2 Å². The molecule has 1 aliphatic carbocycles. The predicted molar refractivity (Wildman–Crippen MR) is 70.0 cm³/mol. The van der Waals surface area contributed by atoms with Crippen LogP contribution in [0, 0.1) is 5.41 Å². The molecule has 2 rings (SSSR count). The highest BCUT2D eigenvalue weighted by Crippen LogP contribution is 2.51. The molecular formula is C12H22N2O2S. The number of ether oxygens (including phenoxy) is 1. The van der Waals surface area contributed by atoms with Crippen LogP contribution in [0.5, 0.6) is 0 Å². The lowest BCUT2D eigenvalue weighted by atomic mass is 9.56. The highest BCUT2D eigenvalue weighted by atomic mass is 32.2. The topological polar surface area (TPSA) is 50.4 Å². The summed E-state index contributed by atoms with van der Waals surface area (Å²) in [5.74, 6) is 1.88. The van der Waals surface area contributed by atoms with Gasteiger partial charge in [-0.05, 0) is 13.3 Å². The molecule has 1 aliphatic heterocycles. The van der Waals surface area contributed by atoms with Crippen molar-refractivity contribution in [2.24, 2.45) is 5.41 Å². The highest BCUT2D eigenvalue weighted by molar-refractivity contribution is 7.99. The van der Waals surface area contributed by atoms with Crippen molar-refractivity contribution in [1.82, 2.24) is 10.6 Å². The summed E-state index contributed by atoms with van der Waals surface area (Å²) in [5.41, 5.74) is -0.133. The zero-order valence-corrected chi connectivity index (χ0v) is 11.8. The van der Waals surface area contributed by atoms with Crippen LogP contribution in [0.1, 0.15) is 27.2 Å². The fraction of sp³-hybridized carbons (Fsp3) is 0.917.